The number of aromatic amines is 1. The highest BCUT2D eigenvalue weighted by Crippen LogP contribution is 2.32. The summed E-state index contributed by atoms with van der Waals surface area (Å²) in [6.07, 6.45) is 0.451. The monoisotopic (exact) mass is 489 g/mol. The minimum absolute atomic E-state index is 0.0397. The zero-order valence-corrected chi connectivity index (χ0v) is 20.2. The molecule has 3 aromatic carbocycles. The van der Waals surface area contributed by atoms with Crippen molar-refractivity contribution in [1.82, 2.24) is 9.88 Å². The Kier molecular flexibility index (Phi) is 7.65. The summed E-state index contributed by atoms with van der Waals surface area (Å²) in [7, 11) is 3.96. The molecule has 0 amide bonds. The molecular formula is C28H28FN3O4. The summed E-state index contributed by atoms with van der Waals surface area (Å²) in [6, 6.07) is 19.0. The Labute approximate surface area is 208 Å². The van der Waals surface area contributed by atoms with Crippen LogP contribution < -0.4 is 4.74 Å². The first-order chi connectivity index (χ1) is 17.3. The lowest BCUT2D eigenvalue weighted by molar-refractivity contribution is -0.136. The van der Waals surface area contributed by atoms with Crippen LogP contribution in [-0.4, -0.2) is 59.0 Å². The fourth-order valence-electron chi connectivity index (χ4n) is 3.83. The Morgan fingerprint density at radius 2 is 1.78 bits per heavy atom. The molecule has 0 saturated carbocycles. The van der Waals surface area contributed by atoms with E-state index in [1.165, 1.54) is 12.1 Å². The van der Waals surface area contributed by atoms with Gasteiger partial charge in [-0.2, -0.15) is 0 Å². The third-order valence-corrected chi connectivity index (χ3v) is 5.72. The number of aliphatic imine (C=N–C) groups is 1. The molecule has 0 atom stereocenters. The summed E-state index contributed by atoms with van der Waals surface area (Å²) in [4.78, 5) is 20.6. The third-order valence-electron chi connectivity index (χ3n) is 5.72. The van der Waals surface area contributed by atoms with Gasteiger partial charge in [0.1, 0.15) is 18.2 Å². The summed E-state index contributed by atoms with van der Waals surface area (Å²) < 4.78 is 19.6. The third kappa shape index (κ3) is 6.09. The van der Waals surface area contributed by atoms with Crippen molar-refractivity contribution in [3.05, 3.63) is 89.2 Å². The second-order valence-electron chi connectivity index (χ2n) is 8.74. The molecule has 1 aromatic heterocycles. The SMILES string of the molecule is CN(C)CCOc1ccc(N=C(c2ccc(CCC(=O)O)cc2)c2c(O)[nH]c3cc(F)ccc23)cc1. The molecule has 36 heavy (non-hydrogen) atoms. The van der Waals surface area contributed by atoms with Crippen molar-refractivity contribution < 1.29 is 24.1 Å². The number of halogens is 1. The molecular weight excluding hydrogens is 461 g/mol. The number of aliphatic carboxylic acids is 1. The number of carboxylic acids is 1. The van der Waals surface area contributed by atoms with E-state index in [-0.39, 0.29) is 12.3 Å². The van der Waals surface area contributed by atoms with Crippen molar-refractivity contribution in [1.29, 1.82) is 0 Å². The van der Waals surface area contributed by atoms with E-state index in [0.717, 1.165) is 23.4 Å². The van der Waals surface area contributed by atoms with Gasteiger partial charge in [0.25, 0.3) is 0 Å². The summed E-state index contributed by atoms with van der Waals surface area (Å²) >= 11 is 0. The van der Waals surface area contributed by atoms with Crippen molar-refractivity contribution in [2.45, 2.75) is 12.8 Å². The van der Waals surface area contributed by atoms with Gasteiger partial charge in [-0.3, -0.25) is 4.79 Å². The lowest BCUT2D eigenvalue weighted by Gasteiger charge is -2.11. The fourth-order valence-corrected chi connectivity index (χ4v) is 3.83. The summed E-state index contributed by atoms with van der Waals surface area (Å²) in [5, 5.41) is 20.4. The standard InChI is InChI=1S/C28H28FN3O4/c1-32(2)15-16-36-22-11-9-21(10-12-22)30-27(19-6-3-18(4-7-19)5-14-25(33)34)26-23-13-8-20(29)17-24(23)31-28(26)35/h3-4,6-13,17,31,35H,5,14-16H2,1-2H3,(H,33,34). The van der Waals surface area contributed by atoms with Crippen LogP contribution in [0.4, 0.5) is 10.1 Å². The molecule has 186 valence electrons. The minimum Gasteiger partial charge on any atom is -0.494 e. The number of aromatic nitrogens is 1. The first kappa shape index (κ1) is 24.9. The number of nitrogens with one attached hydrogen (secondary N) is 1. The van der Waals surface area contributed by atoms with Gasteiger partial charge in [-0.05, 0) is 68.5 Å². The lowest BCUT2D eigenvalue weighted by Crippen LogP contribution is -2.19. The van der Waals surface area contributed by atoms with Crippen molar-refractivity contribution in [2.24, 2.45) is 4.99 Å². The number of likely N-dealkylation sites (N-methyl/N-ethyl adjacent to an activating group) is 1. The highest BCUT2D eigenvalue weighted by Gasteiger charge is 2.19. The second kappa shape index (κ2) is 11.0. The molecule has 0 aliphatic carbocycles. The fraction of sp³-hybridized carbons (Fsp3) is 0.214. The number of rotatable bonds is 10. The maximum atomic E-state index is 13.8. The number of aryl methyl sites for hydroxylation is 1. The number of carbonyl (C=O) groups is 1. The van der Waals surface area contributed by atoms with Crippen molar-refractivity contribution in [3.63, 3.8) is 0 Å². The van der Waals surface area contributed by atoms with Crippen LogP contribution in [0.25, 0.3) is 10.9 Å². The van der Waals surface area contributed by atoms with Gasteiger partial charge < -0.3 is 24.8 Å². The maximum absolute atomic E-state index is 13.8. The Morgan fingerprint density at radius 3 is 2.44 bits per heavy atom. The zero-order valence-electron chi connectivity index (χ0n) is 20.2. The van der Waals surface area contributed by atoms with Gasteiger partial charge >= 0.3 is 5.97 Å². The molecule has 0 saturated heterocycles. The summed E-state index contributed by atoms with van der Waals surface area (Å²) in [5.74, 6) is -0.661. The molecule has 0 aliphatic rings. The van der Waals surface area contributed by atoms with Gasteiger partial charge in [0.05, 0.1) is 22.5 Å². The number of ether oxygens (including phenoxy) is 1. The molecule has 7 nitrogen and oxygen atoms in total. The number of nitrogens with zero attached hydrogens (tertiary/aromatic N) is 2. The van der Waals surface area contributed by atoms with Crippen LogP contribution in [0.2, 0.25) is 0 Å². The topological polar surface area (TPSA) is 98.2 Å². The molecule has 8 heteroatoms. The van der Waals surface area contributed by atoms with Crippen LogP contribution >= 0.6 is 0 Å². The van der Waals surface area contributed by atoms with E-state index >= 15 is 0 Å². The van der Waals surface area contributed by atoms with Gasteiger partial charge in [-0.15, -0.1) is 0 Å². The minimum atomic E-state index is -0.855. The molecule has 0 fully saturated rings. The molecule has 3 N–H and O–H groups in total. The number of hydrogen-bond donors (Lipinski definition) is 3. The molecule has 0 radical (unpaired) electrons. The molecule has 0 unspecified atom stereocenters. The van der Waals surface area contributed by atoms with Crippen LogP contribution in [0.5, 0.6) is 11.6 Å². The van der Waals surface area contributed by atoms with Crippen LogP contribution in [0.1, 0.15) is 23.1 Å². The van der Waals surface area contributed by atoms with Crippen molar-refractivity contribution in [3.8, 4) is 11.6 Å². The second-order valence-corrected chi connectivity index (χ2v) is 8.74. The van der Waals surface area contributed by atoms with E-state index in [4.69, 9.17) is 14.8 Å². The number of hydrogen-bond acceptors (Lipinski definition) is 5. The van der Waals surface area contributed by atoms with Gasteiger partial charge in [0.2, 0.25) is 0 Å². The maximum Gasteiger partial charge on any atom is 0.303 e. The number of H-pyrrole nitrogens is 1. The highest BCUT2D eigenvalue weighted by molar-refractivity contribution is 6.21. The van der Waals surface area contributed by atoms with Crippen molar-refractivity contribution >= 4 is 28.3 Å². The normalized spacial score (nSPS) is 11.8. The predicted octanol–water partition coefficient (Wildman–Crippen LogP) is 5.14. The molecule has 4 aromatic rings. The largest absolute Gasteiger partial charge is 0.494 e. The number of fused-ring (bicyclic) bond motifs is 1. The van der Waals surface area contributed by atoms with Gasteiger partial charge in [0, 0.05) is 23.9 Å². The van der Waals surface area contributed by atoms with Crippen LogP contribution in [0.3, 0.4) is 0 Å². The molecule has 1 heterocycles. The number of aromatic hydroxyl groups is 1. The van der Waals surface area contributed by atoms with Crippen molar-refractivity contribution in [2.75, 3.05) is 27.2 Å². The Balaban J connectivity index is 1.72. The first-order valence-electron chi connectivity index (χ1n) is 11.6. The average molecular weight is 490 g/mol. The summed E-state index contributed by atoms with van der Waals surface area (Å²) in [5.41, 5.74) is 3.66. The van der Waals surface area contributed by atoms with Crippen LogP contribution in [-0.2, 0) is 11.2 Å². The van der Waals surface area contributed by atoms with E-state index in [1.54, 1.807) is 6.07 Å². The Bertz CT molecular complexity index is 1380. The van der Waals surface area contributed by atoms with Crippen LogP contribution in [0.15, 0.2) is 71.7 Å². The number of carboxylic acid groups (broad SMARTS) is 1. The lowest BCUT2D eigenvalue weighted by atomic mass is 9.98. The first-order valence-corrected chi connectivity index (χ1v) is 11.6. The molecule has 0 bridgehead atoms. The molecule has 0 spiro atoms. The van der Waals surface area contributed by atoms with E-state index in [0.29, 0.717) is 40.9 Å². The van der Waals surface area contributed by atoms with E-state index in [2.05, 4.69) is 4.98 Å². The Morgan fingerprint density at radius 1 is 1.06 bits per heavy atom. The Hall–Kier alpha value is -4.17. The molecule has 4 rings (SSSR count). The van der Waals surface area contributed by atoms with E-state index in [9.17, 15) is 14.3 Å². The quantitative estimate of drug-likeness (QED) is 0.268. The van der Waals surface area contributed by atoms with Gasteiger partial charge in [-0.1, -0.05) is 24.3 Å². The van der Waals surface area contributed by atoms with Gasteiger partial charge in [0.15, 0.2) is 5.88 Å². The smallest absolute Gasteiger partial charge is 0.303 e. The van der Waals surface area contributed by atoms with E-state index < -0.39 is 11.8 Å². The predicted molar refractivity (Wildman–Crippen MR) is 138 cm³/mol. The number of benzene rings is 3. The van der Waals surface area contributed by atoms with Crippen LogP contribution in [0, 0.1) is 5.82 Å². The average Bonchev–Trinajstić information content (AvgIpc) is 3.16. The van der Waals surface area contributed by atoms with Gasteiger partial charge in [-0.25, -0.2) is 9.38 Å². The highest BCUT2D eigenvalue weighted by atomic mass is 19.1. The molecule has 0 aliphatic heterocycles. The zero-order chi connectivity index (χ0) is 25.7. The van der Waals surface area contributed by atoms with E-state index in [1.807, 2.05) is 67.5 Å². The summed E-state index contributed by atoms with van der Waals surface area (Å²) in [6.45, 7) is 1.36.